The van der Waals surface area contributed by atoms with Crippen LogP contribution in [0.1, 0.15) is 24.6 Å². The summed E-state index contributed by atoms with van der Waals surface area (Å²) < 4.78 is 27.0. The van der Waals surface area contributed by atoms with Gasteiger partial charge in [0.25, 0.3) is 0 Å². The molecular formula is C13H20N2O2S2. The summed E-state index contributed by atoms with van der Waals surface area (Å²) in [6, 6.07) is 1.88. The first kappa shape index (κ1) is 14.7. The minimum Gasteiger partial charge on any atom is -0.312 e. The van der Waals surface area contributed by atoms with Crippen LogP contribution in [0, 0.1) is 0 Å². The highest BCUT2D eigenvalue weighted by atomic mass is 32.2. The van der Waals surface area contributed by atoms with E-state index >= 15 is 0 Å². The third kappa shape index (κ3) is 3.25. The SMILES string of the molecule is C=CCN(C1CC1)S(=O)(=O)c1ccsc1CNCC. The van der Waals surface area contributed by atoms with Crippen LogP contribution in [-0.2, 0) is 16.6 Å². The predicted molar refractivity (Wildman–Crippen MR) is 78.8 cm³/mol. The van der Waals surface area contributed by atoms with Crippen molar-refractivity contribution < 1.29 is 8.42 Å². The molecule has 0 aromatic carbocycles. The molecule has 0 aliphatic heterocycles. The van der Waals surface area contributed by atoms with Gasteiger partial charge in [0.1, 0.15) is 0 Å². The zero-order valence-electron chi connectivity index (χ0n) is 11.1. The van der Waals surface area contributed by atoms with E-state index in [-0.39, 0.29) is 6.04 Å². The number of rotatable bonds is 8. The van der Waals surface area contributed by atoms with E-state index in [9.17, 15) is 8.42 Å². The fourth-order valence-corrected chi connectivity index (χ4v) is 5.03. The maximum Gasteiger partial charge on any atom is 0.244 e. The molecule has 2 rings (SSSR count). The van der Waals surface area contributed by atoms with Gasteiger partial charge in [0, 0.05) is 24.0 Å². The lowest BCUT2D eigenvalue weighted by Gasteiger charge is -2.20. The zero-order chi connectivity index (χ0) is 13.9. The van der Waals surface area contributed by atoms with Crippen molar-refractivity contribution in [3.8, 4) is 0 Å². The molecule has 0 saturated heterocycles. The fraction of sp³-hybridized carbons (Fsp3) is 0.538. The van der Waals surface area contributed by atoms with Crippen molar-refractivity contribution in [3.05, 3.63) is 29.0 Å². The van der Waals surface area contributed by atoms with Gasteiger partial charge in [-0.3, -0.25) is 0 Å². The third-order valence-electron chi connectivity index (χ3n) is 3.09. The summed E-state index contributed by atoms with van der Waals surface area (Å²) in [5.41, 5.74) is 0. The lowest BCUT2D eigenvalue weighted by molar-refractivity contribution is 0.435. The van der Waals surface area contributed by atoms with Crippen LogP contribution in [0.3, 0.4) is 0 Å². The first-order chi connectivity index (χ1) is 9.11. The highest BCUT2D eigenvalue weighted by Gasteiger charge is 2.38. The summed E-state index contributed by atoms with van der Waals surface area (Å²) in [4.78, 5) is 1.34. The molecule has 1 N–H and O–H groups in total. The summed E-state index contributed by atoms with van der Waals surface area (Å²) in [5, 5.41) is 5.03. The van der Waals surface area contributed by atoms with Gasteiger partial charge in [-0.2, -0.15) is 4.31 Å². The molecule has 1 saturated carbocycles. The molecule has 1 heterocycles. The van der Waals surface area contributed by atoms with Crippen molar-refractivity contribution in [3.63, 3.8) is 0 Å². The second kappa shape index (κ2) is 6.17. The van der Waals surface area contributed by atoms with E-state index in [1.54, 1.807) is 16.4 Å². The molecule has 1 aromatic heterocycles. The topological polar surface area (TPSA) is 49.4 Å². The van der Waals surface area contributed by atoms with E-state index in [2.05, 4.69) is 11.9 Å². The Hall–Kier alpha value is -0.690. The van der Waals surface area contributed by atoms with Gasteiger partial charge < -0.3 is 5.32 Å². The van der Waals surface area contributed by atoms with E-state index in [0.29, 0.717) is 18.0 Å². The highest BCUT2D eigenvalue weighted by molar-refractivity contribution is 7.89. The average Bonchev–Trinajstić information content (AvgIpc) is 3.10. The molecule has 1 fully saturated rings. The Bertz CT molecular complexity index is 533. The van der Waals surface area contributed by atoms with E-state index in [1.165, 1.54) is 11.3 Å². The Labute approximate surface area is 119 Å². The van der Waals surface area contributed by atoms with Crippen LogP contribution in [0.25, 0.3) is 0 Å². The normalized spacial score (nSPS) is 15.9. The zero-order valence-corrected chi connectivity index (χ0v) is 12.8. The van der Waals surface area contributed by atoms with Crippen LogP contribution in [0.5, 0.6) is 0 Å². The average molecular weight is 300 g/mol. The molecule has 0 unspecified atom stereocenters. The molecule has 0 amide bonds. The molecular weight excluding hydrogens is 280 g/mol. The van der Waals surface area contributed by atoms with Gasteiger partial charge in [0.15, 0.2) is 0 Å². The van der Waals surface area contributed by atoms with Crippen LogP contribution in [0.4, 0.5) is 0 Å². The second-order valence-corrected chi connectivity index (χ2v) is 7.44. The molecule has 6 heteroatoms. The standard InChI is InChI=1S/C13H20N2O2S2/c1-3-8-15(11-5-6-11)19(16,17)13-7-9-18-12(13)10-14-4-2/h3,7,9,11,14H,1,4-6,8,10H2,2H3. The van der Waals surface area contributed by atoms with Crippen molar-refractivity contribution in [1.82, 2.24) is 9.62 Å². The van der Waals surface area contributed by atoms with E-state index in [0.717, 1.165) is 24.3 Å². The van der Waals surface area contributed by atoms with Gasteiger partial charge in [-0.15, -0.1) is 17.9 Å². The smallest absolute Gasteiger partial charge is 0.244 e. The fourth-order valence-electron chi connectivity index (χ4n) is 1.99. The molecule has 0 spiro atoms. The Morgan fingerprint density at radius 1 is 1.58 bits per heavy atom. The van der Waals surface area contributed by atoms with Crippen molar-refractivity contribution in [2.45, 2.75) is 37.2 Å². The largest absolute Gasteiger partial charge is 0.312 e. The molecule has 0 bridgehead atoms. The number of thiophene rings is 1. The van der Waals surface area contributed by atoms with E-state index in [1.807, 2.05) is 12.3 Å². The quantitative estimate of drug-likeness (QED) is 0.749. The minimum absolute atomic E-state index is 0.162. The molecule has 19 heavy (non-hydrogen) atoms. The number of hydrogen-bond acceptors (Lipinski definition) is 4. The van der Waals surface area contributed by atoms with Gasteiger partial charge in [-0.1, -0.05) is 13.0 Å². The Morgan fingerprint density at radius 2 is 2.32 bits per heavy atom. The van der Waals surface area contributed by atoms with E-state index in [4.69, 9.17) is 0 Å². The molecule has 1 aromatic rings. The number of nitrogens with one attached hydrogen (secondary N) is 1. The van der Waals surface area contributed by atoms with Crippen molar-refractivity contribution >= 4 is 21.4 Å². The summed E-state index contributed by atoms with van der Waals surface area (Å²) in [5.74, 6) is 0. The maximum atomic E-state index is 12.7. The van der Waals surface area contributed by atoms with Crippen molar-refractivity contribution in [1.29, 1.82) is 0 Å². The molecule has 1 aliphatic carbocycles. The molecule has 1 aliphatic rings. The molecule has 0 atom stereocenters. The highest BCUT2D eigenvalue weighted by Crippen LogP contribution is 2.34. The Balaban J connectivity index is 2.27. The number of hydrogen-bond donors (Lipinski definition) is 1. The minimum atomic E-state index is -3.39. The van der Waals surface area contributed by atoms with Gasteiger partial charge in [0.2, 0.25) is 10.0 Å². The summed E-state index contributed by atoms with van der Waals surface area (Å²) in [6.07, 6.45) is 3.58. The van der Waals surface area contributed by atoms with Gasteiger partial charge in [0.05, 0.1) is 4.90 Å². The summed E-state index contributed by atoms with van der Waals surface area (Å²) in [6.45, 7) is 7.50. The van der Waals surface area contributed by atoms with Gasteiger partial charge in [-0.05, 0) is 30.8 Å². The van der Waals surface area contributed by atoms with Crippen molar-refractivity contribution in [2.24, 2.45) is 0 Å². The summed E-state index contributed by atoms with van der Waals surface area (Å²) >= 11 is 1.49. The Kier molecular flexibility index (Phi) is 4.78. The van der Waals surface area contributed by atoms with E-state index < -0.39 is 10.0 Å². The third-order valence-corrected chi connectivity index (χ3v) is 6.14. The van der Waals surface area contributed by atoms with Crippen LogP contribution in [0.2, 0.25) is 0 Å². The van der Waals surface area contributed by atoms with Gasteiger partial charge in [-0.25, -0.2) is 8.42 Å². The van der Waals surface area contributed by atoms with Crippen LogP contribution >= 0.6 is 11.3 Å². The first-order valence-corrected chi connectivity index (χ1v) is 8.83. The first-order valence-electron chi connectivity index (χ1n) is 6.51. The lowest BCUT2D eigenvalue weighted by Crippen LogP contribution is -2.33. The number of sulfonamides is 1. The lowest BCUT2D eigenvalue weighted by atomic mass is 10.4. The maximum absolute atomic E-state index is 12.7. The molecule has 0 radical (unpaired) electrons. The second-order valence-electron chi connectivity index (χ2n) is 4.58. The predicted octanol–water partition coefficient (Wildman–Crippen LogP) is 2.20. The van der Waals surface area contributed by atoms with Crippen molar-refractivity contribution in [2.75, 3.05) is 13.1 Å². The molecule has 106 valence electrons. The molecule has 4 nitrogen and oxygen atoms in total. The summed E-state index contributed by atoms with van der Waals surface area (Å²) in [7, 11) is -3.39. The van der Waals surface area contributed by atoms with Gasteiger partial charge >= 0.3 is 0 Å². The van der Waals surface area contributed by atoms with Crippen LogP contribution < -0.4 is 5.32 Å². The van der Waals surface area contributed by atoms with Crippen LogP contribution in [0.15, 0.2) is 29.0 Å². The van der Waals surface area contributed by atoms with Crippen LogP contribution in [-0.4, -0.2) is 31.9 Å². The number of nitrogens with zero attached hydrogens (tertiary/aromatic N) is 1. The monoisotopic (exact) mass is 300 g/mol. The Morgan fingerprint density at radius 3 is 2.89 bits per heavy atom.